The van der Waals surface area contributed by atoms with Gasteiger partial charge in [0.15, 0.2) is 5.58 Å². The molecule has 0 radical (unpaired) electrons. The van der Waals surface area contributed by atoms with Gasteiger partial charge in [-0.1, -0.05) is 35.5 Å². The Balaban J connectivity index is 1.33. The summed E-state index contributed by atoms with van der Waals surface area (Å²) < 4.78 is 5.22. The van der Waals surface area contributed by atoms with Crippen molar-refractivity contribution in [3.05, 3.63) is 60.3 Å². The number of para-hydroxylation sites is 2. The fourth-order valence-corrected chi connectivity index (χ4v) is 3.31. The molecule has 2 heterocycles. The normalized spacial score (nSPS) is 17.0. The van der Waals surface area contributed by atoms with Crippen LogP contribution in [0.1, 0.15) is 12.1 Å². The first kappa shape index (κ1) is 16.3. The van der Waals surface area contributed by atoms with E-state index in [1.807, 2.05) is 54.6 Å². The van der Waals surface area contributed by atoms with Crippen molar-refractivity contribution >= 4 is 28.5 Å². The van der Waals surface area contributed by atoms with Gasteiger partial charge in [0.1, 0.15) is 5.69 Å². The minimum Gasteiger partial charge on any atom is -0.356 e. The standard InChI is InChI=1S/C20H19N3O3/c24-19(11-17-16-8-4-5-9-18(16)26-22-17)21-12-14-10-20(25)23(13-14)15-6-2-1-3-7-15/h1-9,14H,10-13H2,(H,21,24). The summed E-state index contributed by atoms with van der Waals surface area (Å²) in [5.74, 6) is 0.0910. The van der Waals surface area contributed by atoms with Crippen LogP contribution in [0.25, 0.3) is 11.0 Å². The van der Waals surface area contributed by atoms with Crippen molar-refractivity contribution in [3.8, 4) is 0 Å². The third kappa shape index (κ3) is 3.31. The molecule has 0 spiro atoms. The van der Waals surface area contributed by atoms with E-state index < -0.39 is 0 Å². The predicted octanol–water partition coefficient (Wildman–Crippen LogP) is 2.54. The van der Waals surface area contributed by atoms with E-state index in [9.17, 15) is 9.59 Å². The van der Waals surface area contributed by atoms with E-state index in [0.717, 1.165) is 11.1 Å². The fourth-order valence-electron chi connectivity index (χ4n) is 3.31. The van der Waals surface area contributed by atoms with Crippen LogP contribution in [0.15, 0.2) is 59.1 Å². The summed E-state index contributed by atoms with van der Waals surface area (Å²) in [6, 6.07) is 17.1. The third-order valence-electron chi connectivity index (χ3n) is 4.64. The molecule has 1 unspecified atom stereocenters. The first-order valence-electron chi connectivity index (χ1n) is 8.66. The number of amides is 2. The molecule has 1 fully saturated rings. The van der Waals surface area contributed by atoms with Crippen LogP contribution in [0.3, 0.4) is 0 Å². The third-order valence-corrected chi connectivity index (χ3v) is 4.64. The van der Waals surface area contributed by atoms with Crippen molar-refractivity contribution in [3.63, 3.8) is 0 Å². The van der Waals surface area contributed by atoms with Gasteiger partial charge >= 0.3 is 0 Å². The van der Waals surface area contributed by atoms with Gasteiger partial charge in [0.25, 0.3) is 0 Å². The van der Waals surface area contributed by atoms with Gasteiger partial charge < -0.3 is 14.7 Å². The second kappa shape index (κ2) is 7.00. The molecule has 26 heavy (non-hydrogen) atoms. The Morgan fingerprint density at radius 2 is 1.92 bits per heavy atom. The lowest BCUT2D eigenvalue weighted by atomic mass is 10.1. The second-order valence-corrected chi connectivity index (χ2v) is 6.52. The summed E-state index contributed by atoms with van der Waals surface area (Å²) >= 11 is 0. The average Bonchev–Trinajstić information content (AvgIpc) is 3.24. The first-order chi connectivity index (χ1) is 12.7. The van der Waals surface area contributed by atoms with Crippen LogP contribution < -0.4 is 10.2 Å². The summed E-state index contributed by atoms with van der Waals surface area (Å²) in [6.45, 7) is 1.10. The maximum atomic E-state index is 12.3. The fraction of sp³-hybridized carbons (Fsp3) is 0.250. The molecule has 0 aliphatic carbocycles. The highest BCUT2D eigenvalue weighted by Gasteiger charge is 2.30. The first-order valence-corrected chi connectivity index (χ1v) is 8.66. The minimum absolute atomic E-state index is 0.0953. The molecule has 0 saturated carbocycles. The van der Waals surface area contributed by atoms with E-state index in [2.05, 4.69) is 10.5 Å². The number of fused-ring (bicyclic) bond motifs is 1. The molecule has 2 amide bonds. The van der Waals surface area contributed by atoms with Gasteiger partial charge in [0.2, 0.25) is 11.8 Å². The summed E-state index contributed by atoms with van der Waals surface area (Å²) in [5, 5.41) is 7.76. The lowest BCUT2D eigenvalue weighted by Gasteiger charge is -2.16. The molecule has 6 nitrogen and oxygen atoms in total. The number of carbonyl (C=O) groups excluding carboxylic acids is 2. The van der Waals surface area contributed by atoms with Crippen LogP contribution >= 0.6 is 0 Å². The summed E-state index contributed by atoms with van der Waals surface area (Å²) in [6.07, 6.45) is 0.613. The smallest absolute Gasteiger partial charge is 0.227 e. The zero-order chi connectivity index (χ0) is 17.9. The van der Waals surface area contributed by atoms with Crippen molar-refractivity contribution < 1.29 is 14.1 Å². The molecule has 1 aliphatic heterocycles. The van der Waals surface area contributed by atoms with E-state index in [1.54, 1.807) is 4.90 Å². The Morgan fingerprint density at radius 3 is 2.77 bits per heavy atom. The molecule has 0 bridgehead atoms. The zero-order valence-electron chi connectivity index (χ0n) is 14.2. The molecule has 4 rings (SSSR count). The molecular weight excluding hydrogens is 330 g/mol. The Kier molecular flexibility index (Phi) is 4.39. The molecular formula is C20H19N3O3. The summed E-state index contributed by atoms with van der Waals surface area (Å²) in [4.78, 5) is 26.3. The second-order valence-electron chi connectivity index (χ2n) is 6.52. The van der Waals surface area contributed by atoms with E-state index in [-0.39, 0.29) is 24.2 Å². The van der Waals surface area contributed by atoms with Crippen LogP contribution in [-0.4, -0.2) is 30.1 Å². The van der Waals surface area contributed by atoms with E-state index in [4.69, 9.17) is 4.52 Å². The van der Waals surface area contributed by atoms with Crippen molar-refractivity contribution in [2.75, 3.05) is 18.0 Å². The Labute approximate surface area is 150 Å². The molecule has 1 saturated heterocycles. The van der Waals surface area contributed by atoms with Gasteiger partial charge in [-0.3, -0.25) is 9.59 Å². The molecule has 1 atom stereocenters. The van der Waals surface area contributed by atoms with Gasteiger partial charge in [-0.15, -0.1) is 0 Å². The highest BCUT2D eigenvalue weighted by molar-refractivity contribution is 5.95. The Bertz CT molecular complexity index is 936. The van der Waals surface area contributed by atoms with Crippen LogP contribution in [-0.2, 0) is 16.0 Å². The molecule has 6 heteroatoms. The molecule has 2 aromatic carbocycles. The molecule has 132 valence electrons. The average molecular weight is 349 g/mol. The van der Waals surface area contributed by atoms with E-state index in [0.29, 0.717) is 30.8 Å². The maximum absolute atomic E-state index is 12.3. The zero-order valence-corrected chi connectivity index (χ0v) is 14.2. The highest BCUT2D eigenvalue weighted by atomic mass is 16.5. The topological polar surface area (TPSA) is 75.4 Å². The van der Waals surface area contributed by atoms with Crippen LogP contribution in [0, 0.1) is 5.92 Å². The lowest BCUT2D eigenvalue weighted by molar-refractivity contribution is -0.121. The number of aromatic nitrogens is 1. The number of nitrogens with zero attached hydrogens (tertiary/aromatic N) is 2. The Hall–Kier alpha value is -3.15. The number of anilines is 1. The van der Waals surface area contributed by atoms with Crippen molar-refractivity contribution in [1.29, 1.82) is 0 Å². The monoisotopic (exact) mass is 349 g/mol. The van der Waals surface area contributed by atoms with Crippen LogP contribution in [0.5, 0.6) is 0 Å². The van der Waals surface area contributed by atoms with Gasteiger partial charge in [-0.2, -0.15) is 0 Å². The van der Waals surface area contributed by atoms with Gasteiger partial charge in [-0.05, 0) is 24.3 Å². The minimum atomic E-state index is -0.116. The highest BCUT2D eigenvalue weighted by Crippen LogP contribution is 2.24. The van der Waals surface area contributed by atoms with Crippen LogP contribution in [0.2, 0.25) is 0 Å². The van der Waals surface area contributed by atoms with Crippen molar-refractivity contribution in [1.82, 2.24) is 10.5 Å². The van der Waals surface area contributed by atoms with Gasteiger partial charge in [-0.25, -0.2) is 0 Å². The van der Waals surface area contributed by atoms with E-state index >= 15 is 0 Å². The van der Waals surface area contributed by atoms with Crippen LogP contribution in [0.4, 0.5) is 5.69 Å². The van der Waals surface area contributed by atoms with Gasteiger partial charge in [0, 0.05) is 36.5 Å². The number of benzene rings is 2. The largest absolute Gasteiger partial charge is 0.356 e. The number of carbonyl (C=O) groups is 2. The maximum Gasteiger partial charge on any atom is 0.227 e. The summed E-state index contributed by atoms with van der Waals surface area (Å²) in [7, 11) is 0. The van der Waals surface area contributed by atoms with E-state index in [1.165, 1.54) is 0 Å². The van der Waals surface area contributed by atoms with Gasteiger partial charge in [0.05, 0.1) is 6.42 Å². The number of nitrogens with one attached hydrogen (secondary N) is 1. The molecule has 3 aromatic rings. The quantitative estimate of drug-likeness (QED) is 0.768. The summed E-state index contributed by atoms with van der Waals surface area (Å²) in [5.41, 5.74) is 2.21. The predicted molar refractivity (Wildman–Crippen MR) is 97.6 cm³/mol. The molecule has 1 aliphatic rings. The molecule has 1 aromatic heterocycles. The van der Waals surface area contributed by atoms with Crippen molar-refractivity contribution in [2.45, 2.75) is 12.8 Å². The molecule has 1 N–H and O–H groups in total. The number of rotatable bonds is 5. The number of hydrogen-bond acceptors (Lipinski definition) is 4. The SMILES string of the molecule is O=C(Cc1noc2ccccc12)NCC1CC(=O)N(c2ccccc2)C1. The van der Waals surface area contributed by atoms with Crippen molar-refractivity contribution in [2.24, 2.45) is 5.92 Å². The lowest BCUT2D eigenvalue weighted by Crippen LogP contribution is -2.32. The number of hydrogen-bond donors (Lipinski definition) is 1. The Morgan fingerprint density at radius 1 is 1.15 bits per heavy atom.